The molecule has 8 aliphatic rings. The van der Waals surface area contributed by atoms with Gasteiger partial charge in [-0.1, -0.05) is 55.2 Å². The van der Waals surface area contributed by atoms with Crippen molar-refractivity contribution in [3.63, 3.8) is 0 Å². The smallest absolute Gasteiger partial charge is 0.491 e. The number of phenolic OH excluding ortho intramolecular Hbond substituents is 3. The maximum absolute atomic E-state index is 16.6. The second kappa shape index (κ2) is 45.6. The number of carbonyl (C=O) groups is 13. The zero-order valence-electron chi connectivity index (χ0n) is 74.3. The predicted molar refractivity (Wildman–Crippen MR) is 468 cm³/mol. The van der Waals surface area contributed by atoms with E-state index < -0.39 is 354 Å². The normalized spacial score (nSPS) is 28.6. The summed E-state index contributed by atoms with van der Waals surface area (Å²) in [4.78, 5) is 193. The highest BCUT2D eigenvalue weighted by molar-refractivity contribution is 7.16. The summed E-state index contributed by atoms with van der Waals surface area (Å²) in [6.07, 6.45) is -28.5. The van der Waals surface area contributed by atoms with Crippen molar-refractivity contribution in [1.29, 1.82) is 0 Å². The Morgan fingerprint density at radius 2 is 1.26 bits per heavy atom. The molecule has 0 aliphatic carbocycles. The number of benzene rings is 5. The van der Waals surface area contributed by atoms with Crippen LogP contribution in [0.4, 0.5) is 4.79 Å². The van der Waals surface area contributed by atoms with Gasteiger partial charge in [0.2, 0.25) is 72.0 Å². The van der Waals surface area contributed by atoms with Gasteiger partial charge in [0.05, 0.1) is 53.5 Å². The molecular formula is C85H107Cl2N13O36P+. The fraction of sp³-hybridized carbons (Fsp3) is 0.494. The molecule has 3 saturated heterocycles. The van der Waals surface area contributed by atoms with Crippen molar-refractivity contribution in [3.05, 3.63) is 117 Å². The van der Waals surface area contributed by atoms with E-state index in [1.54, 1.807) is 13.8 Å². The van der Waals surface area contributed by atoms with Gasteiger partial charge in [-0.25, -0.2) is 14.4 Å². The largest absolute Gasteiger partial charge is 0.508 e. The summed E-state index contributed by atoms with van der Waals surface area (Å²) in [6, 6.07) is -5.79. The first-order chi connectivity index (χ1) is 64.4. The first-order valence-electron chi connectivity index (χ1n) is 42.3. The average Bonchev–Trinajstić information content (AvgIpc) is 0.767. The van der Waals surface area contributed by atoms with Crippen LogP contribution < -0.4 is 79.7 Å². The maximum Gasteiger partial charge on any atom is 0.491 e. The van der Waals surface area contributed by atoms with Crippen LogP contribution in [0.3, 0.4) is 0 Å². The lowest BCUT2D eigenvalue weighted by Gasteiger charge is -2.47. The number of carbonyl (C=O) groups excluding carboxylic acids is 12. The van der Waals surface area contributed by atoms with E-state index in [1.807, 2.05) is 5.32 Å². The Morgan fingerprint density at radius 1 is 0.686 bits per heavy atom. The number of ether oxygens (including phenoxy) is 10. The molecule has 746 valence electrons. The lowest BCUT2D eigenvalue weighted by atomic mass is 9.86. The molecule has 11 bridgehead atoms. The summed E-state index contributed by atoms with van der Waals surface area (Å²) in [6.45, 7) is 7.96. The number of carboxylic acids is 1. The molecule has 49 nitrogen and oxygen atoms in total. The highest BCUT2D eigenvalue weighted by Crippen LogP contribution is 2.51. The summed E-state index contributed by atoms with van der Waals surface area (Å²) in [5, 5.41) is 143. The number of nitrogens with zero attached hydrogens (tertiary/aromatic N) is 1. The van der Waals surface area contributed by atoms with E-state index in [-0.39, 0.29) is 36.7 Å². The van der Waals surface area contributed by atoms with E-state index in [0.717, 1.165) is 86.8 Å². The Kier molecular flexibility index (Phi) is 35.6. The Morgan fingerprint density at radius 3 is 1.82 bits per heavy atom. The van der Waals surface area contributed by atoms with E-state index in [1.165, 1.54) is 33.8 Å². The molecule has 0 aromatic heterocycles. The number of aromatic hydroxyl groups is 3. The quantitative estimate of drug-likeness (QED) is 0.0128. The van der Waals surface area contributed by atoms with Crippen molar-refractivity contribution < 1.29 is 175 Å². The molecular weight excluding hydrogens is 1880 g/mol. The number of likely N-dealkylation sites (N-methyl/N-ethyl adjacent to an activating group) is 1. The van der Waals surface area contributed by atoms with Crippen molar-refractivity contribution in [3.8, 4) is 57.1 Å². The van der Waals surface area contributed by atoms with Gasteiger partial charge in [-0.05, 0) is 135 Å². The Hall–Kier alpha value is -11.9. The molecule has 8 aliphatic heterocycles. The maximum atomic E-state index is 16.6. The first-order valence-corrected chi connectivity index (χ1v) is 43.9. The van der Waals surface area contributed by atoms with Crippen molar-refractivity contribution in [2.24, 2.45) is 28.9 Å². The minimum absolute atomic E-state index is 0.0425. The zero-order chi connectivity index (χ0) is 101. The van der Waals surface area contributed by atoms with Crippen LogP contribution in [0, 0.1) is 5.92 Å². The lowest BCUT2D eigenvalue weighted by Crippen LogP contribution is -2.64. The fourth-order valence-corrected chi connectivity index (χ4v) is 16.3. The molecule has 0 spiro atoms. The van der Waals surface area contributed by atoms with Gasteiger partial charge in [-0.3, -0.25) is 52.8 Å². The number of aliphatic carboxylic acids is 1. The van der Waals surface area contributed by atoms with E-state index in [0.29, 0.717) is 4.90 Å². The summed E-state index contributed by atoms with van der Waals surface area (Å²) < 4.78 is 70.5. The third-order valence-corrected chi connectivity index (χ3v) is 23.7. The number of phenols is 3. The van der Waals surface area contributed by atoms with Crippen LogP contribution >= 0.6 is 31.9 Å². The minimum atomic E-state index is -2.51. The van der Waals surface area contributed by atoms with Crippen LogP contribution in [0.25, 0.3) is 11.1 Å². The highest BCUT2D eigenvalue weighted by Gasteiger charge is 2.53. The van der Waals surface area contributed by atoms with Crippen LogP contribution in [0.2, 0.25) is 10.0 Å². The van der Waals surface area contributed by atoms with E-state index in [9.17, 15) is 89.7 Å². The third kappa shape index (κ3) is 25.7. The number of hydrogen-bond acceptors (Lipinski definition) is 37. The Labute approximate surface area is 790 Å². The molecule has 137 heavy (non-hydrogen) atoms. The molecule has 10 amide bonds. The van der Waals surface area contributed by atoms with Gasteiger partial charge in [0.25, 0.3) is 0 Å². The Bertz CT molecular complexity index is 5380. The van der Waals surface area contributed by atoms with Gasteiger partial charge in [0.1, 0.15) is 102 Å². The summed E-state index contributed by atoms with van der Waals surface area (Å²) in [5.74, 6) is -21.3. The second-order valence-electron chi connectivity index (χ2n) is 34.1. The molecule has 5 aromatic carbocycles. The number of aldehydes is 1. The molecule has 0 radical (unpaired) electrons. The van der Waals surface area contributed by atoms with Crippen LogP contribution in [-0.4, -0.2) is 285 Å². The molecule has 26 unspecified atom stereocenters. The second-order valence-corrected chi connectivity index (χ2v) is 35.1. The number of nitrogens with two attached hydrogens (primary N) is 4. The fourth-order valence-electron chi connectivity index (χ4n) is 15.9. The average molecular weight is 1990 g/mol. The predicted octanol–water partition coefficient (Wildman–Crippen LogP) is -2.14. The van der Waals surface area contributed by atoms with E-state index in [4.69, 9.17) is 103 Å². The molecule has 13 rings (SSSR count). The standard InChI is InChI=1S/C85H105Cl2N13O34.HO2P/c1-31(2)17-46(100(8)83(124)126-30-125-81(123)32(3)92-73(114)44(88)12-16-55(107)94-56(108)29-102)75(116)98-63-65(109)36-10-14-49(42(86)19-36)129-51-21-38-22-52(69(51)134-82-70(67(111)66(110)53(28-101)131-82)133-58-27-85(7,91)72(113)34(5)128-58)130-50-15-11-37(20-43(50)87)68(132-57-26-84(6,90)71(112)33(4)127-57)64-79(120)97-62(80(121)122)41-23-39(103)24-48(105)59(41)40-18-35(9-13-47(40)104)60(76(117)99-64)96-77(118)61(38)95-74(115)45(25-54(89)106)93-78(63)119;1-3-2/h9-11,13-15,18-24,29,31-34,44-46,53,56-58,60-68,70-72,82,101,103-105,108-113H,12,16-17,25-28,30,88,90-91H2,1-8H3,(H2,89,106)(H,92,114)(H,93,119)(H,94,107)(H,95,115)(H,96,118)(H,97,120)(H,98,116)(H,99,117)(H,121,122);3H/p+1. The van der Waals surface area contributed by atoms with Gasteiger partial charge in [0.15, 0.2) is 48.7 Å². The molecule has 8 heterocycles. The monoisotopic (exact) mass is 1990 g/mol. The number of aliphatic hydroxyl groups excluding tert-OH is 7. The number of esters is 1. The van der Waals surface area contributed by atoms with E-state index in [2.05, 4.69) is 37.2 Å². The van der Waals surface area contributed by atoms with Crippen molar-refractivity contribution in [2.75, 3.05) is 20.4 Å². The molecule has 3 fully saturated rings. The van der Waals surface area contributed by atoms with Crippen LogP contribution in [0.5, 0.6) is 46.0 Å². The van der Waals surface area contributed by atoms with Crippen LogP contribution in [0.1, 0.15) is 145 Å². The summed E-state index contributed by atoms with van der Waals surface area (Å²) in [7, 11) is -0.117. The number of nitrogens with one attached hydrogen (secondary N) is 8. The summed E-state index contributed by atoms with van der Waals surface area (Å²) in [5.41, 5.74) is 18.6. The lowest BCUT2D eigenvalue weighted by molar-refractivity contribution is -0.333. The van der Waals surface area contributed by atoms with Gasteiger partial charge >= 0.3 is 26.7 Å². The van der Waals surface area contributed by atoms with Gasteiger partial charge in [-0.2, -0.15) is 4.89 Å². The zero-order valence-corrected chi connectivity index (χ0v) is 76.8. The van der Waals surface area contributed by atoms with Gasteiger partial charge in [0, 0.05) is 60.1 Å². The third-order valence-electron chi connectivity index (χ3n) is 23.1. The molecule has 26 atom stereocenters. The van der Waals surface area contributed by atoms with Gasteiger partial charge < -0.3 is 169 Å². The van der Waals surface area contributed by atoms with Crippen LogP contribution in [-0.2, 0) is 95.3 Å². The molecule has 28 N–H and O–H groups in total. The number of amides is 10. The topological polar surface area (TPSA) is 778 Å². The highest BCUT2D eigenvalue weighted by atomic mass is 35.5. The Balaban J connectivity index is 0.00000637. The van der Waals surface area contributed by atoms with Crippen molar-refractivity contribution >= 4 is 109 Å². The van der Waals surface area contributed by atoms with Crippen LogP contribution in [0.15, 0.2) is 78.9 Å². The number of hydrogen-bond donors (Lipinski definition) is 24. The van der Waals surface area contributed by atoms with Crippen molar-refractivity contribution in [1.82, 2.24) is 47.4 Å². The number of rotatable bonds is 25. The minimum Gasteiger partial charge on any atom is -0.508 e. The number of aliphatic hydroxyl groups is 7. The SMILES string of the molecule is CC(C)CC(C(=O)NC1C(=O)NC(CC(N)=O)C(=O)NC2C(=O)NC3C(=O)NC(C(=O)NC(C(=O)O)c4cc(O)cc(O)c4-c4cc3ccc4O)C(OC3CC(C)(N)C(O)C(C)O3)c3ccc(c(Cl)c3)Oc3cc2cc(c3OC2OC(CO)C(O)C(O)C2OC2CC(C)(N)C(O)C(C)O2)Oc2ccc(cc2Cl)C1O)N(C)C(=O)OCOC(=O)C(C)NC(=O)C(N)CCC(=O)NC(O)C=O.O=[PH+]O. The molecule has 52 heteroatoms. The van der Waals surface area contributed by atoms with Crippen molar-refractivity contribution in [2.45, 2.75) is 239 Å². The number of fused-ring (bicyclic) bond motifs is 15. The van der Waals surface area contributed by atoms with E-state index >= 15 is 28.8 Å². The number of halogens is 2. The molecule has 0 saturated carbocycles. The molecule has 5 aromatic rings. The summed E-state index contributed by atoms with van der Waals surface area (Å²) >= 11 is 14.6. The number of primary amides is 1. The number of carboxylic acid groups (broad SMARTS) is 1. The van der Waals surface area contributed by atoms with Gasteiger partial charge in [-0.15, -0.1) is 0 Å². The first kappa shape index (κ1) is 107.